The van der Waals surface area contributed by atoms with E-state index in [1.807, 2.05) is 38.1 Å². The van der Waals surface area contributed by atoms with Crippen molar-refractivity contribution in [3.05, 3.63) is 29.8 Å². The Hall–Kier alpha value is -1.92. The van der Waals surface area contributed by atoms with Crippen LogP contribution in [0, 0.1) is 0 Å². The van der Waals surface area contributed by atoms with Crippen LogP contribution in [0.1, 0.15) is 45.1 Å². The molecule has 0 amide bonds. The van der Waals surface area contributed by atoms with Crippen molar-refractivity contribution in [1.29, 1.82) is 0 Å². The first-order chi connectivity index (χ1) is 11.8. The third-order valence-electron chi connectivity index (χ3n) is 3.97. The van der Waals surface area contributed by atoms with E-state index in [4.69, 9.17) is 19.3 Å². The number of carbonyl (C=O) groups excluding carboxylic acids is 1. The molecule has 0 aliphatic carbocycles. The lowest BCUT2D eigenvalue weighted by Crippen LogP contribution is -2.22. The highest BCUT2D eigenvalue weighted by atomic mass is 16.7. The quantitative estimate of drug-likeness (QED) is 0.653. The molecule has 1 aromatic rings. The molecule has 0 radical (unpaired) electrons. The minimum absolute atomic E-state index is 0.0672. The van der Waals surface area contributed by atoms with E-state index < -0.39 is 11.8 Å². The summed E-state index contributed by atoms with van der Waals surface area (Å²) < 4.78 is 17.0. The monoisotopic (exact) mass is 350 g/mol. The third-order valence-corrected chi connectivity index (χ3v) is 3.97. The zero-order chi connectivity index (χ0) is 18.3. The molecule has 1 aliphatic heterocycles. The van der Waals surface area contributed by atoms with Gasteiger partial charge in [0.15, 0.2) is 5.79 Å². The predicted octanol–water partition coefficient (Wildman–Crippen LogP) is 2.97. The van der Waals surface area contributed by atoms with Gasteiger partial charge in [0.25, 0.3) is 0 Å². The van der Waals surface area contributed by atoms with Crippen molar-refractivity contribution in [2.24, 2.45) is 0 Å². The number of carboxylic acids is 1. The molecule has 6 heteroatoms. The lowest BCUT2D eigenvalue weighted by Gasteiger charge is -2.17. The normalized spacial score (nSPS) is 18.9. The van der Waals surface area contributed by atoms with E-state index in [1.165, 1.54) is 0 Å². The van der Waals surface area contributed by atoms with Crippen molar-refractivity contribution in [2.75, 3.05) is 13.2 Å². The summed E-state index contributed by atoms with van der Waals surface area (Å²) in [7, 11) is 0. The molecule has 2 rings (SSSR count). The molecule has 138 valence electrons. The maximum Gasteiger partial charge on any atom is 0.310 e. The number of rotatable bonds is 10. The Morgan fingerprint density at radius 1 is 1.28 bits per heavy atom. The van der Waals surface area contributed by atoms with Crippen LogP contribution < -0.4 is 4.74 Å². The summed E-state index contributed by atoms with van der Waals surface area (Å²) in [6.45, 7) is 4.96. The van der Waals surface area contributed by atoms with Crippen molar-refractivity contribution in [3.8, 4) is 5.75 Å². The molecule has 0 aromatic heterocycles. The molecule has 0 saturated carbocycles. The number of hydrogen-bond acceptors (Lipinski definition) is 5. The number of aliphatic carboxylic acids is 1. The van der Waals surface area contributed by atoms with Gasteiger partial charge in [-0.2, -0.15) is 0 Å². The number of hydrogen-bond donors (Lipinski definition) is 1. The summed E-state index contributed by atoms with van der Waals surface area (Å²) in [5.74, 6) is -1.000. The van der Waals surface area contributed by atoms with E-state index in [-0.39, 0.29) is 18.3 Å². The maximum absolute atomic E-state index is 11.3. The topological polar surface area (TPSA) is 82.1 Å². The largest absolute Gasteiger partial charge is 0.493 e. The summed E-state index contributed by atoms with van der Waals surface area (Å²) in [6, 6.07) is 7.75. The van der Waals surface area contributed by atoms with E-state index >= 15 is 0 Å². The summed E-state index contributed by atoms with van der Waals surface area (Å²) in [5, 5.41) is 8.55. The minimum atomic E-state index is -1.07. The Balaban J connectivity index is 1.64. The number of ether oxygens (including phenoxy) is 3. The first-order valence-electron chi connectivity index (χ1n) is 8.61. The van der Waals surface area contributed by atoms with Crippen LogP contribution in [0.15, 0.2) is 24.3 Å². The van der Waals surface area contributed by atoms with Gasteiger partial charge in [-0.15, -0.1) is 0 Å². The highest BCUT2D eigenvalue weighted by Crippen LogP contribution is 2.24. The first kappa shape index (κ1) is 19.4. The number of Topliss-reactive ketones (excluding diaryl/α,β-unsaturated/α-hetero) is 1. The zero-order valence-electron chi connectivity index (χ0n) is 14.8. The fourth-order valence-corrected chi connectivity index (χ4v) is 2.71. The second-order valence-electron chi connectivity index (χ2n) is 6.69. The van der Waals surface area contributed by atoms with E-state index in [2.05, 4.69) is 0 Å². The van der Waals surface area contributed by atoms with Gasteiger partial charge in [0.05, 0.1) is 19.3 Å². The lowest BCUT2D eigenvalue weighted by atomic mass is 10.1. The van der Waals surface area contributed by atoms with Gasteiger partial charge < -0.3 is 19.3 Å². The van der Waals surface area contributed by atoms with Crippen LogP contribution >= 0.6 is 0 Å². The summed E-state index contributed by atoms with van der Waals surface area (Å²) in [4.78, 5) is 21.8. The second kappa shape index (κ2) is 8.97. The Labute approximate surface area is 148 Å². The number of carboxylic acid groups (broad SMARTS) is 1. The van der Waals surface area contributed by atoms with E-state index in [0.29, 0.717) is 26.1 Å². The molecule has 0 spiro atoms. The molecule has 1 heterocycles. The third kappa shape index (κ3) is 7.23. The first-order valence-corrected chi connectivity index (χ1v) is 8.61. The van der Waals surface area contributed by atoms with E-state index in [0.717, 1.165) is 24.2 Å². The minimum Gasteiger partial charge on any atom is -0.493 e. The Morgan fingerprint density at radius 2 is 2.00 bits per heavy atom. The molecular formula is C19H26O6. The van der Waals surface area contributed by atoms with Gasteiger partial charge in [0.2, 0.25) is 0 Å². The molecule has 1 fully saturated rings. The molecule has 1 unspecified atom stereocenters. The maximum atomic E-state index is 11.3. The van der Waals surface area contributed by atoms with Crippen LogP contribution in [-0.2, 0) is 25.5 Å². The van der Waals surface area contributed by atoms with Gasteiger partial charge in [-0.05, 0) is 44.4 Å². The molecule has 25 heavy (non-hydrogen) atoms. The van der Waals surface area contributed by atoms with Crippen molar-refractivity contribution < 1.29 is 28.9 Å². The summed E-state index contributed by atoms with van der Waals surface area (Å²) in [5.41, 5.74) is 1.10. The molecule has 0 bridgehead atoms. The van der Waals surface area contributed by atoms with Crippen LogP contribution in [0.2, 0.25) is 0 Å². The van der Waals surface area contributed by atoms with Crippen molar-refractivity contribution in [3.63, 3.8) is 0 Å². The Kier molecular flexibility index (Phi) is 6.96. The van der Waals surface area contributed by atoms with Gasteiger partial charge in [-0.3, -0.25) is 9.59 Å². The zero-order valence-corrected chi connectivity index (χ0v) is 14.8. The van der Waals surface area contributed by atoms with Gasteiger partial charge in [0, 0.05) is 12.8 Å². The standard InChI is InChI=1S/C19H26O6/c1-19(2)24-13-17(25-19)10-11-23-16-8-6-14(7-9-16)4-3-5-15(20)12-18(21)22/h6-9,17H,3-5,10-13H2,1-2H3,(H,21,22). The van der Waals surface area contributed by atoms with Crippen LogP contribution in [0.3, 0.4) is 0 Å². The van der Waals surface area contributed by atoms with Gasteiger partial charge in [-0.25, -0.2) is 0 Å². The molecule has 6 nitrogen and oxygen atoms in total. The average molecular weight is 350 g/mol. The molecular weight excluding hydrogens is 324 g/mol. The van der Waals surface area contributed by atoms with Gasteiger partial charge in [-0.1, -0.05) is 12.1 Å². The number of ketones is 1. The fraction of sp³-hybridized carbons (Fsp3) is 0.579. The molecule has 1 saturated heterocycles. The van der Waals surface area contributed by atoms with Gasteiger partial charge >= 0.3 is 5.97 Å². The number of carbonyl (C=O) groups is 2. The van der Waals surface area contributed by atoms with Crippen molar-refractivity contribution >= 4 is 11.8 Å². The molecule has 1 aromatic carbocycles. The predicted molar refractivity (Wildman–Crippen MR) is 91.7 cm³/mol. The molecule has 1 N–H and O–H groups in total. The lowest BCUT2D eigenvalue weighted by molar-refractivity contribution is -0.140. The van der Waals surface area contributed by atoms with Gasteiger partial charge in [0.1, 0.15) is 18.0 Å². The van der Waals surface area contributed by atoms with E-state index in [9.17, 15) is 9.59 Å². The number of aryl methyl sites for hydroxylation is 1. The fourth-order valence-electron chi connectivity index (χ4n) is 2.71. The SMILES string of the molecule is CC1(C)OCC(CCOc2ccc(CCCC(=O)CC(=O)O)cc2)O1. The summed E-state index contributed by atoms with van der Waals surface area (Å²) in [6.07, 6.45) is 2.15. The van der Waals surface area contributed by atoms with Crippen LogP contribution in [0.4, 0.5) is 0 Å². The Bertz CT molecular complexity index is 578. The highest BCUT2D eigenvalue weighted by molar-refractivity contribution is 5.94. The average Bonchev–Trinajstić information content (AvgIpc) is 2.87. The van der Waals surface area contributed by atoms with Crippen LogP contribution in [0.25, 0.3) is 0 Å². The van der Waals surface area contributed by atoms with Crippen LogP contribution in [-0.4, -0.2) is 42.0 Å². The summed E-state index contributed by atoms with van der Waals surface area (Å²) >= 11 is 0. The van der Waals surface area contributed by atoms with Crippen LogP contribution in [0.5, 0.6) is 5.75 Å². The molecule has 1 aliphatic rings. The number of benzene rings is 1. The van der Waals surface area contributed by atoms with E-state index in [1.54, 1.807) is 0 Å². The Morgan fingerprint density at radius 3 is 2.60 bits per heavy atom. The smallest absolute Gasteiger partial charge is 0.310 e. The molecule has 1 atom stereocenters. The van der Waals surface area contributed by atoms with Crippen molar-refractivity contribution in [1.82, 2.24) is 0 Å². The highest BCUT2D eigenvalue weighted by Gasteiger charge is 2.32. The second-order valence-corrected chi connectivity index (χ2v) is 6.69. The van der Waals surface area contributed by atoms with Crippen molar-refractivity contribution in [2.45, 2.75) is 57.8 Å².